The molecule has 1 aliphatic heterocycles. The first-order valence-corrected chi connectivity index (χ1v) is 11.9. The van der Waals surface area contributed by atoms with E-state index in [2.05, 4.69) is 9.97 Å². The number of rotatable bonds is 5. The van der Waals surface area contributed by atoms with Gasteiger partial charge in [0.15, 0.2) is 0 Å². The molecule has 0 spiro atoms. The highest BCUT2D eigenvalue weighted by atomic mass is 35.5. The van der Waals surface area contributed by atoms with E-state index < -0.39 is 22.8 Å². The van der Waals surface area contributed by atoms with E-state index in [4.69, 9.17) is 27.9 Å². The van der Waals surface area contributed by atoms with Gasteiger partial charge in [-0.15, -0.1) is 0 Å². The minimum Gasteiger partial charge on any atom is -0.436 e. The Morgan fingerprint density at radius 1 is 1.06 bits per heavy atom. The fraction of sp³-hybridized carbons (Fsp3) is 0.0400. The number of nitrogens with zero attached hydrogens (tertiary/aromatic N) is 3. The predicted molar refractivity (Wildman–Crippen MR) is 134 cm³/mol. The highest BCUT2D eigenvalue weighted by molar-refractivity contribution is 8.18. The Hall–Kier alpha value is -3.53. The standard InChI is InChI=1S/C25H13Cl2F2N3O3S/c26-18-9-15(28)7-5-14(18)12-32-23(33)21(36-25(32)34)10-17-16-4-2-1-3-13(16)6-8-20(17)35-22-19(29)11-30-24(27)31-22/h1-11H,12H2/b21-10+. The maximum atomic E-state index is 14.3. The number of ether oxygens (including phenoxy) is 1. The third kappa shape index (κ3) is 4.77. The van der Waals surface area contributed by atoms with Gasteiger partial charge in [0.1, 0.15) is 11.6 Å². The summed E-state index contributed by atoms with van der Waals surface area (Å²) in [4.78, 5) is 34.4. The molecule has 0 radical (unpaired) electrons. The second-order valence-electron chi connectivity index (χ2n) is 7.60. The number of halogens is 4. The molecule has 36 heavy (non-hydrogen) atoms. The average molecular weight is 544 g/mol. The summed E-state index contributed by atoms with van der Waals surface area (Å²) in [5.41, 5.74) is 0.861. The summed E-state index contributed by atoms with van der Waals surface area (Å²) >= 11 is 12.6. The third-order valence-electron chi connectivity index (χ3n) is 5.31. The molecule has 1 saturated heterocycles. The Morgan fingerprint density at radius 2 is 1.86 bits per heavy atom. The van der Waals surface area contributed by atoms with Crippen LogP contribution in [0.25, 0.3) is 16.8 Å². The molecule has 4 aromatic rings. The van der Waals surface area contributed by atoms with Crippen molar-refractivity contribution >= 4 is 63.0 Å². The van der Waals surface area contributed by atoms with Crippen LogP contribution in [-0.2, 0) is 11.3 Å². The smallest absolute Gasteiger partial charge is 0.293 e. The lowest BCUT2D eigenvalue weighted by Crippen LogP contribution is -2.27. The number of thioether (sulfide) groups is 1. The van der Waals surface area contributed by atoms with Gasteiger partial charge in [-0.05, 0) is 64.0 Å². The summed E-state index contributed by atoms with van der Waals surface area (Å²) in [6, 6.07) is 14.4. The molecule has 1 fully saturated rings. The van der Waals surface area contributed by atoms with E-state index in [1.165, 1.54) is 18.2 Å². The van der Waals surface area contributed by atoms with Crippen LogP contribution in [0.3, 0.4) is 0 Å². The topological polar surface area (TPSA) is 72.4 Å². The number of hydrogen-bond acceptors (Lipinski definition) is 6. The molecule has 2 heterocycles. The van der Waals surface area contributed by atoms with Crippen molar-refractivity contribution in [3.8, 4) is 11.6 Å². The molecule has 0 unspecified atom stereocenters. The lowest BCUT2D eigenvalue weighted by molar-refractivity contribution is -0.123. The van der Waals surface area contributed by atoms with Crippen LogP contribution in [-0.4, -0.2) is 26.0 Å². The molecule has 0 aliphatic carbocycles. The molecule has 1 aromatic heterocycles. The van der Waals surface area contributed by atoms with Crippen LogP contribution >= 0.6 is 35.0 Å². The van der Waals surface area contributed by atoms with Crippen molar-refractivity contribution in [3.63, 3.8) is 0 Å². The lowest BCUT2D eigenvalue weighted by Gasteiger charge is -2.14. The van der Waals surface area contributed by atoms with E-state index in [0.29, 0.717) is 16.5 Å². The van der Waals surface area contributed by atoms with Crippen LogP contribution in [0.4, 0.5) is 13.6 Å². The number of carbonyl (C=O) groups excluding carboxylic acids is 2. The van der Waals surface area contributed by atoms with Gasteiger partial charge in [-0.25, -0.2) is 9.37 Å². The Kier molecular flexibility index (Phi) is 6.61. The van der Waals surface area contributed by atoms with Gasteiger partial charge in [-0.2, -0.15) is 9.37 Å². The van der Waals surface area contributed by atoms with Gasteiger partial charge in [0, 0.05) is 10.6 Å². The Labute approximate surface area is 217 Å². The molecule has 5 rings (SSSR count). The van der Waals surface area contributed by atoms with Crippen molar-refractivity contribution < 1.29 is 23.1 Å². The first-order valence-electron chi connectivity index (χ1n) is 10.4. The van der Waals surface area contributed by atoms with E-state index in [0.717, 1.165) is 34.3 Å². The fourth-order valence-electron chi connectivity index (χ4n) is 3.61. The zero-order chi connectivity index (χ0) is 25.4. The molecular formula is C25H13Cl2F2N3O3S. The summed E-state index contributed by atoms with van der Waals surface area (Å²) in [6.07, 6.45) is 2.40. The van der Waals surface area contributed by atoms with Gasteiger partial charge in [-0.1, -0.05) is 48.0 Å². The van der Waals surface area contributed by atoms with Crippen molar-refractivity contribution in [1.29, 1.82) is 0 Å². The minimum atomic E-state index is -0.824. The van der Waals surface area contributed by atoms with Gasteiger partial charge < -0.3 is 4.74 Å². The van der Waals surface area contributed by atoms with Gasteiger partial charge in [0.2, 0.25) is 11.1 Å². The monoisotopic (exact) mass is 543 g/mol. The number of aromatic nitrogens is 2. The average Bonchev–Trinajstić information content (AvgIpc) is 3.11. The van der Waals surface area contributed by atoms with E-state index >= 15 is 0 Å². The zero-order valence-corrected chi connectivity index (χ0v) is 20.4. The van der Waals surface area contributed by atoms with Crippen LogP contribution < -0.4 is 4.74 Å². The largest absolute Gasteiger partial charge is 0.436 e. The molecule has 2 amide bonds. The molecule has 11 heteroatoms. The van der Waals surface area contributed by atoms with Gasteiger partial charge in [-0.3, -0.25) is 14.5 Å². The first-order chi connectivity index (χ1) is 17.3. The van der Waals surface area contributed by atoms with Crippen molar-refractivity contribution in [2.45, 2.75) is 6.54 Å². The maximum absolute atomic E-state index is 14.3. The molecule has 0 atom stereocenters. The van der Waals surface area contributed by atoms with Crippen LogP contribution in [0, 0.1) is 11.6 Å². The van der Waals surface area contributed by atoms with Crippen LogP contribution in [0.5, 0.6) is 11.6 Å². The minimum absolute atomic E-state index is 0.105. The second-order valence-corrected chi connectivity index (χ2v) is 9.33. The Bertz CT molecular complexity index is 1580. The molecule has 3 aromatic carbocycles. The number of amides is 2. The number of imide groups is 1. The highest BCUT2D eigenvalue weighted by Crippen LogP contribution is 2.39. The summed E-state index contributed by atoms with van der Waals surface area (Å²) in [5.74, 6) is -2.10. The lowest BCUT2D eigenvalue weighted by atomic mass is 10.0. The normalized spacial score (nSPS) is 14.8. The number of hydrogen-bond donors (Lipinski definition) is 0. The SMILES string of the molecule is O=C1S/C(=C/c2c(Oc3nc(Cl)ncc3F)ccc3ccccc23)C(=O)N1Cc1ccc(F)cc1Cl. The molecule has 180 valence electrons. The number of carbonyl (C=O) groups is 2. The van der Waals surface area contributed by atoms with Gasteiger partial charge >= 0.3 is 0 Å². The van der Waals surface area contributed by atoms with Crippen LogP contribution in [0.1, 0.15) is 11.1 Å². The van der Waals surface area contributed by atoms with Gasteiger partial charge in [0.25, 0.3) is 17.0 Å². The third-order valence-corrected chi connectivity index (χ3v) is 6.75. The summed E-state index contributed by atoms with van der Waals surface area (Å²) in [7, 11) is 0. The molecule has 0 N–H and O–H groups in total. The summed E-state index contributed by atoms with van der Waals surface area (Å²) < 4.78 is 33.4. The predicted octanol–water partition coefficient (Wildman–Crippen LogP) is 7.24. The van der Waals surface area contributed by atoms with E-state index in [1.54, 1.807) is 24.3 Å². The van der Waals surface area contributed by atoms with E-state index in [1.807, 2.05) is 12.1 Å². The second kappa shape index (κ2) is 9.85. The van der Waals surface area contributed by atoms with Crippen molar-refractivity contribution in [3.05, 3.63) is 98.8 Å². The van der Waals surface area contributed by atoms with Crippen LogP contribution in [0.15, 0.2) is 65.7 Å². The summed E-state index contributed by atoms with van der Waals surface area (Å²) in [6.45, 7) is -0.120. The molecule has 1 aliphatic rings. The zero-order valence-electron chi connectivity index (χ0n) is 18.0. The van der Waals surface area contributed by atoms with E-state index in [9.17, 15) is 18.4 Å². The Morgan fingerprint density at radius 3 is 2.67 bits per heavy atom. The Balaban J connectivity index is 1.54. The van der Waals surface area contributed by atoms with Gasteiger partial charge in [0.05, 0.1) is 17.6 Å². The molecular weight excluding hydrogens is 531 g/mol. The van der Waals surface area contributed by atoms with Crippen molar-refractivity contribution in [2.75, 3.05) is 0 Å². The first kappa shape index (κ1) is 24.2. The molecule has 0 saturated carbocycles. The van der Waals surface area contributed by atoms with Crippen molar-refractivity contribution in [1.82, 2.24) is 14.9 Å². The molecule has 6 nitrogen and oxygen atoms in total. The summed E-state index contributed by atoms with van der Waals surface area (Å²) in [5, 5.41) is 0.921. The maximum Gasteiger partial charge on any atom is 0.293 e. The molecule has 0 bridgehead atoms. The van der Waals surface area contributed by atoms with Crippen LogP contribution in [0.2, 0.25) is 10.3 Å². The number of benzene rings is 3. The fourth-order valence-corrected chi connectivity index (χ4v) is 4.78. The number of fused-ring (bicyclic) bond motifs is 1. The van der Waals surface area contributed by atoms with E-state index in [-0.39, 0.29) is 33.4 Å². The highest BCUT2D eigenvalue weighted by Gasteiger charge is 2.35. The quantitative estimate of drug-likeness (QED) is 0.195. The van der Waals surface area contributed by atoms with Crippen molar-refractivity contribution in [2.24, 2.45) is 0 Å².